The highest BCUT2D eigenvalue weighted by molar-refractivity contribution is 5.77. The number of hydrogen-bond acceptors (Lipinski definition) is 6. The molecule has 1 aromatic rings. The average Bonchev–Trinajstić information content (AvgIpc) is 2.51. The third kappa shape index (κ3) is 8.21. The summed E-state index contributed by atoms with van der Waals surface area (Å²) in [6, 6.07) is 2.26. The molecule has 0 spiro atoms. The Bertz CT molecular complexity index is 691. The fraction of sp³-hybridized carbons (Fsp3) is 0.647. The van der Waals surface area contributed by atoms with Gasteiger partial charge in [-0.1, -0.05) is 20.8 Å². The summed E-state index contributed by atoms with van der Waals surface area (Å²) in [6.07, 6.45) is -3.92. The molecule has 7 nitrogen and oxygen atoms in total. The zero-order chi connectivity index (χ0) is 20.8. The van der Waals surface area contributed by atoms with Gasteiger partial charge >= 0.3 is 6.18 Å². The molecule has 1 aromatic heterocycles. The molecule has 0 fully saturated rings. The van der Waals surface area contributed by atoms with E-state index >= 15 is 0 Å². The van der Waals surface area contributed by atoms with Crippen LogP contribution in [0.15, 0.2) is 6.07 Å². The number of alkyl halides is 3. The Kier molecular flexibility index (Phi) is 7.54. The summed E-state index contributed by atoms with van der Waals surface area (Å²) in [7, 11) is 3.76. The quantitative estimate of drug-likeness (QED) is 0.725. The van der Waals surface area contributed by atoms with Crippen molar-refractivity contribution in [3.63, 3.8) is 0 Å². The molecule has 0 saturated heterocycles. The van der Waals surface area contributed by atoms with E-state index in [1.165, 1.54) is 11.1 Å². The van der Waals surface area contributed by atoms with Crippen LogP contribution in [0.1, 0.15) is 45.1 Å². The molecular weight excluding hydrogens is 361 g/mol. The van der Waals surface area contributed by atoms with Gasteiger partial charge in [0.05, 0.1) is 0 Å². The lowest BCUT2D eigenvalue weighted by molar-refractivity contribution is -0.141. The number of hydrogen-bond donors (Lipinski definition) is 1. The Hall–Kier alpha value is -2.41. The minimum absolute atomic E-state index is 0.176. The molecule has 1 rings (SSSR count). The number of hydrazine groups is 1. The second-order valence-electron chi connectivity index (χ2n) is 7.63. The van der Waals surface area contributed by atoms with Crippen molar-refractivity contribution in [2.24, 2.45) is 5.41 Å². The van der Waals surface area contributed by atoms with Crippen LogP contribution in [0.5, 0.6) is 0 Å². The first kappa shape index (κ1) is 22.6. The van der Waals surface area contributed by atoms with E-state index in [4.69, 9.17) is 5.26 Å². The first-order valence-corrected chi connectivity index (χ1v) is 8.40. The van der Waals surface area contributed by atoms with E-state index < -0.39 is 17.7 Å². The molecule has 27 heavy (non-hydrogen) atoms. The summed E-state index contributed by atoms with van der Waals surface area (Å²) in [6.45, 7) is 6.52. The molecular formula is C17H25F3N6O. The number of rotatable bonds is 7. The SMILES string of the molecule is CN(C)CCCC(=O)NN(CC(C)(C)C)c1cc(C(F)(F)F)nc(C#N)n1. The average molecular weight is 386 g/mol. The Labute approximate surface area is 157 Å². The van der Waals surface area contributed by atoms with Gasteiger partial charge in [-0.25, -0.2) is 4.98 Å². The Morgan fingerprint density at radius 1 is 1.26 bits per heavy atom. The highest BCUT2D eigenvalue weighted by Gasteiger charge is 2.34. The number of nitriles is 1. The molecule has 0 aliphatic rings. The number of carbonyl (C=O) groups is 1. The van der Waals surface area contributed by atoms with Gasteiger partial charge in [-0.2, -0.15) is 23.4 Å². The van der Waals surface area contributed by atoms with Crippen molar-refractivity contribution in [1.82, 2.24) is 20.3 Å². The molecule has 0 aromatic carbocycles. The van der Waals surface area contributed by atoms with Crippen LogP contribution in [0.3, 0.4) is 0 Å². The first-order chi connectivity index (χ1) is 12.3. The van der Waals surface area contributed by atoms with Crippen LogP contribution < -0.4 is 10.4 Å². The minimum atomic E-state index is -4.73. The van der Waals surface area contributed by atoms with E-state index in [2.05, 4.69) is 15.4 Å². The molecule has 0 saturated carbocycles. The molecule has 0 aliphatic carbocycles. The molecule has 1 heterocycles. The molecule has 10 heteroatoms. The van der Waals surface area contributed by atoms with Crippen LogP contribution in [0.25, 0.3) is 0 Å². The number of nitrogens with zero attached hydrogens (tertiary/aromatic N) is 5. The molecule has 1 amide bonds. The van der Waals surface area contributed by atoms with Crippen molar-refractivity contribution in [2.75, 3.05) is 32.2 Å². The normalized spacial score (nSPS) is 12.0. The van der Waals surface area contributed by atoms with Crippen molar-refractivity contribution in [1.29, 1.82) is 5.26 Å². The first-order valence-electron chi connectivity index (χ1n) is 8.40. The van der Waals surface area contributed by atoms with Gasteiger partial charge in [0.2, 0.25) is 11.7 Å². The number of anilines is 1. The van der Waals surface area contributed by atoms with Crippen LogP contribution in [0.4, 0.5) is 19.0 Å². The van der Waals surface area contributed by atoms with E-state index in [9.17, 15) is 18.0 Å². The van der Waals surface area contributed by atoms with Crippen molar-refractivity contribution in [2.45, 2.75) is 39.8 Å². The molecule has 0 bridgehead atoms. The summed E-state index contributed by atoms with van der Waals surface area (Å²) < 4.78 is 39.2. The van der Waals surface area contributed by atoms with E-state index in [-0.39, 0.29) is 30.1 Å². The summed E-state index contributed by atoms with van der Waals surface area (Å²) in [4.78, 5) is 21.2. The maximum absolute atomic E-state index is 13.1. The molecule has 0 unspecified atom stereocenters. The van der Waals surface area contributed by atoms with Gasteiger partial charge < -0.3 is 4.90 Å². The van der Waals surface area contributed by atoms with Gasteiger partial charge in [0, 0.05) is 19.0 Å². The topological polar surface area (TPSA) is 85.2 Å². The Morgan fingerprint density at radius 3 is 2.37 bits per heavy atom. The molecule has 0 radical (unpaired) electrons. The summed E-state index contributed by atoms with van der Waals surface area (Å²) in [5.41, 5.74) is 1.02. The highest BCUT2D eigenvalue weighted by Crippen LogP contribution is 2.30. The van der Waals surface area contributed by atoms with Crippen LogP contribution >= 0.6 is 0 Å². The van der Waals surface area contributed by atoms with Gasteiger partial charge in [-0.3, -0.25) is 15.2 Å². The summed E-state index contributed by atoms with van der Waals surface area (Å²) in [5, 5.41) is 10.2. The lowest BCUT2D eigenvalue weighted by Gasteiger charge is -2.31. The van der Waals surface area contributed by atoms with Crippen LogP contribution in [0.2, 0.25) is 0 Å². The van der Waals surface area contributed by atoms with Gasteiger partial charge in [-0.05, 0) is 32.5 Å². The van der Waals surface area contributed by atoms with E-state index in [0.29, 0.717) is 13.0 Å². The van der Waals surface area contributed by atoms with Crippen molar-refractivity contribution in [3.8, 4) is 6.07 Å². The highest BCUT2D eigenvalue weighted by atomic mass is 19.4. The standard InChI is InChI=1S/C17H25F3N6O/c1-16(2,3)11-26(24-15(27)7-6-8-25(4)5)14-9-12(17(18,19)20)22-13(10-21)23-14/h9H,6-8,11H2,1-5H3,(H,24,27). The van der Waals surface area contributed by atoms with Crippen molar-refractivity contribution in [3.05, 3.63) is 17.6 Å². The van der Waals surface area contributed by atoms with Crippen molar-refractivity contribution >= 4 is 11.7 Å². The van der Waals surface area contributed by atoms with Gasteiger partial charge in [0.1, 0.15) is 6.07 Å². The molecule has 1 N–H and O–H groups in total. The van der Waals surface area contributed by atoms with Crippen LogP contribution in [-0.2, 0) is 11.0 Å². The fourth-order valence-electron chi connectivity index (χ4n) is 2.18. The number of halogens is 3. The molecule has 150 valence electrons. The maximum atomic E-state index is 13.1. The zero-order valence-corrected chi connectivity index (χ0v) is 16.2. The predicted molar refractivity (Wildman–Crippen MR) is 94.5 cm³/mol. The van der Waals surface area contributed by atoms with E-state index in [1.807, 2.05) is 39.8 Å². The molecule has 0 atom stereocenters. The fourth-order valence-corrected chi connectivity index (χ4v) is 2.18. The lowest BCUT2D eigenvalue weighted by Crippen LogP contribution is -2.47. The predicted octanol–water partition coefficient (Wildman–Crippen LogP) is 2.59. The van der Waals surface area contributed by atoms with Gasteiger partial charge in [-0.15, -0.1) is 0 Å². The second kappa shape index (κ2) is 8.99. The third-order valence-corrected chi connectivity index (χ3v) is 3.28. The van der Waals surface area contributed by atoms with Gasteiger partial charge in [0.15, 0.2) is 11.5 Å². The summed E-state index contributed by atoms with van der Waals surface area (Å²) >= 11 is 0. The van der Waals surface area contributed by atoms with E-state index in [0.717, 1.165) is 6.07 Å². The van der Waals surface area contributed by atoms with Crippen LogP contribution in [0, 0.1) is 16.7 Å². The lowest BCUT2D eigenvalue weighted by atomic mass is 9.96. The Balaban J connectivity index is 3.13. The number of nitrogens with one attached hydrogen (secondary N) is 1. The smallest absolute Gasteiger partial charge is 0.309 e. The number of aromatic nitrogens is 2. The molecule has 0 aliphatic heterocycles. The van der Waals surface area contributed by atoms with Gasteiger partial charge in [0.25, 0.3) is 0 Å². The maximum Gasteiger partial charge on any atom is 0.433 e. The van der Waals surface area contributed by atoms with Crippen LogP contribution in [-0.4, -0.2) is 48.0 Å². The Morgan fingerprint density at radius 2 is 1.89 bits per heavy atom. The van der Waals surface area contributed by atoms with Crippen molar-refractivity contribution < 1.29 is 18.0 Å². The number of carbonyl (C=O) groups excluding carboxylic acids is 1. The zero-order valence-electron chi connectivity index (χ0n) is 16.2. The second-order valence-corrected chi connectivity index (χ2v) is 7.63. The largest absolute Gasteiger partial charge is 0.433 e. The number of amides is 1. The minimum Gasteiger partial charge on any atom is -0.309 e. The summed E-state index contributed by atoms with van der Waals surface area (Å²) in [5.74, 6) is -1.13. The monoisotopic (exact) mass is 386 g/mol. The third-order valence-electron chi connectivity index (χ3n) is 3.28. The van der Waals surface area contributed by atoms with E-state index in [1.54, 1.807) is 0 Å².